The lowest BCUT2D eigenvalue weighted by atomic mass is 9.71. The lowest BCUT2D eigenvalue weighted by Crippen LogP contribution is -2.41. The second-order valence-electron chi connectivity index (χ2n) is 6.21. The van der Waals surface area contributed by atoms with Crippen molar-refractivity contribution in [3.63, 3.8) is 0 Å². The van der Waals surface area contributed by atoms with E-state index in [1.807, 2.05) is 17.5 Å². The van der Waals surface area contributed by atoms with Crippen LogP contribution in [0.4, 0.5) is 0 Å². The molecule has 0 aromatic carbocycles. The van der Waals surface area contributed by atoms with Crippen LogP contribution < -0.4 is 5.32 Å². The SMILES string of the molecule is COCCNCC1(Cc2nccs2)CC2CCC1C2. The van der Waals surface area contributed by atoms with Gasteiger partial charge < -0.3 is 10.1 Å². The van der Waals surface area contributed by atoms with Gasteiger partial charge in [0.2, 0.25) is 0 Å². The van der Waals surface area contributed by atoms with E-state index in [1.54, 1.807) is 7.11 Å². The van der Waals surface area contributed by atoms with Crippen molar-refractivity contribution in [3.8, 4) is 0 Å². The largest absolute Gasteiger partial charge is 0.383 e. The predicted molar refractivity (Wildman–Crippen MR) is 78.4 cm³/mol. The molecule has 1 N–H and O–H groups in total. The van der Waals surface area contributed by atoms with Crippen LogP contribution in [-0.4, -0.2) is 31.8 Å². The van der Waals surface area contributed by atoms with Crippen LogP contribution in [0.25, 0.3) is 0 Å². The van der Waals surface area contributed by atoms with Crippen LogP contribution in [-0.2, 0) is 11.2 Å². The number of nitrogens with one attached hydrogen (secondary N) is 1. The van der Waals surface area contributed by atoms with E-state index >= 15 is 0 Å². The van der Waals surface area contributed by atoms with Crippen LogP contribution >= 0.6 is 11.3 Å². The quantitative estimate of drug-likeness (QED) is 0.780. The molecule has 3 atom stereocenters. The number of methoxy groups -OCH3 is 1. The van der Waals surface area contributed by atoms with Gasteiger partial charge in [-0.2, -0.15) is 0 Å². The second-order valence-corrected chi connectivity index (χ2v) is 7.19. The number of thiazole rings is 1. The number of rotatable bonds is 7. The molecule has 2 aliphatic carbocycles. The maximum absolute atomic E-state index is 5.13. The molecule has 106 valence electrons. The molecule has 1 aromatic rings. The highest BCUT2D eigenvalue weighted by atomic mass is 32.1. The molecule has 2 aliphatic rings. The Morgan fingerprint density at radius 2 is 2.47 bits per heavy atom. The third kappa shape index (κ3) is 2.86. The summed E-state index contributed by atoms with van der Waals surface area (Å²) in [6.45, 7) is 2.91. The van der Waals surface area contributed by atoms with Crippen LogP contribution in [0.5, 0.6) is 0 Å². The summed E-state index contributed by atoms with van der Waals surface area (Å²) in [4.78, 5) is 4.52. The fraction of sp³-hybridized carbons (Fsp3) is 0.800. The topological polar surface area (TPSA) is 34.1 Å². The summed E-state index contributed by atoms with van der Waals surface area (Å²) in [6.07, 6.45) is 8.87. The maximum atomic E-state index is 5.13. The van der Waals surface area contributed by atoms with E-state index in [0.29, 0.717) is 5.41 Å². The first kappa shape index (κ1) is 13.5. The molecule has 1 aromatic heterocycles. The second kappa shape index (κ2) is 5.90. The summed E-state index contributed by atoms with van der Waals surface area (Å²) in [7, 11) is 1.77. The molecule has 3 unspecified atom stereocenters. The lowest BCUT2D eigenvalue weighted by Gasteiger charge is -2.37. The zero-order valence-corrected chi connectivity index (χ0v) is 12.5. The minimum atomic E-state index is 0.467. The molecule has 19 heavy (non-hydrogen) atoms. The Morgan fingerprint density at radius 1 is 1.53 bits per heavy atom. The van der Waals surface area contributed by atoms with Crippen molar-refractivity contribution >= 4 is 11.3 Å². The molecule has 3 rings (SSSR count). The van der Waals surface area contributed by atoms with E-state index in [2.05, 4.69) is 15.7 Å². The van der Waals surface area contributed by atoms with Crippen molar-refractivity contribution in [2.45, 2.75) is 32.1 Å². The third-order valence-corrected chi connectivity index (χ3v) is 5.83. The van der Waals surface area contributed by atoms with Crippen molar-refractivity contribution in [2.24, 2.45) is 17.3 Å². The van der Waals surface area contributed by atoms with Crippen molar-refractivity contribution in [3.05, 3.63) is 16.6 Å². The molecule has 0 amide bonds. The average Bonchev–Trinajstić information content (AvgIpc) is 3.11. The number of nitrogens with zero attached hydrogens (tertiary/aromatic N) is 1. The first-order valence-electron chi connectivity index (χ1n) is 7.40. The van der Waals surface area contributed by atoms with Gasteiger partial charge in [0.25, 0.3) is 0 Å². The Morgan fingerprint density at radius 3 is 3.11 bits per heavy atom. The van der Waals surface area contributed by atoms with E-state index in [9.17, 15) is 0 Å². The van der Waals surface area contributed by atoms with Crippen molar-refractivity contribution < 1.29 is 4.74 Å². The van der Waals surface area contributed by atoms with Crippen LogP contribution in [0, 0.1) is 17.3 Å². The predicted octanol–water partition coefficient (Wildman–Crippen LogP) is 2.73. The molecule has 0 spiro atoms. The summed E-state index contributed by atoms with van der Waals surface area (Å²) < 4.78 is 5.13. The summed E-state index contributed by atoms with van der Waals surface area (Å²) in [5, 5.41) is 7.04. The summed E-state index contributed by atoms with van der Waals surface area (Å²) in [5.74, 6) is 1.89. The Balaban J connectivity index is 1.65. The van der Waals surface area contributed by atoms with Gasteiger partial charge in [-0.1, -0.05) is 6.42 Å². The number of aromatic nitrogens is 1. The van der Waals surface area contributed by atoms with E-state index in [0.717, 1.165) is 31.5 Å². The van der Waals surface area contributed by atoms with Gasteiger partial charge in [-0.05, 0) is 36.5 Å². The van der Waals surface area contributed by atoms with Crippen LogP contribution in [0.2, 0.25) is 0 Å². The van der Waals surface area contributed by atoms with Gasteiger partial charge in [-0.3, -0.25) is 0 Å². The molecule has 3 nitrogen and oxygen atoms in total. The highest BCUT2D eigenvalue weighted by Gasteiger charge is 2.50. The average molecular weight is 280 g/mol. The number of fused-ring (bicyclic) bond motifs is 2. The van der Waals surface area contributed by atoms with Crippen molar-refractivity contribution in [1.82, 2.24) is 10.3 Å². The monoisotopic (exact) mass is 280 g/mol. The van der Waals surface area contributed by atoms with Gasteiger partial charge in [-0.25, -0.2) is 4.98 Å². The standard InChI is InChI=1S/C15H24N2OS/c1-18-6-4-16-11-15(10-14-17-5-7-19-14)9-12-2-3-13(15)8-12/h5,7,12-13,16H,2-4,6,8-11H2,1H3. The van der Waals surface area contributed by atoms with Gasteiger partial charge in [0, 0.05) is 38.2 Å². The van der Waals surface area contributed by atoms with Gasteiger partial charge in [-0.15, -0.1) is 11.3 Å². The molecule has 0 aliphatic heterocycles. The molecule has 0 radical (unpaired) electrons. The third-order valence-electron chi connectivity index (χ3n) is 5.05. The Hall–Kier alpha value is -0.450. The Bertz CT molecular complexity index is 395. The molecule has 2 bridgehead atoms. The lowest BCUT2D eigenvalue weighted by molar-refractivity contribution is 0.145. The van der Waals surface area contributed by atoms with Gasteiger partial charge in [0.1, 0.15) is 0 Å². The van der Waals surface area contributed by atoms with Crippen molar-refractivity contribution in [2.75, 3.05) is 26.8 Å². The van der Waals surface area contributed by atoms with Gasteiger partial charge in [0.05, 0.1) is 11.6 Å². The number of ether oxygens (including phenoxy) is 1. The first-order valence-corrected chi connectivity index (χ1v) is 8.28. The van der Waals surface area contributed by atoms with E-state index in [4.69, 9.17) is 4.74 Å². The maximum Gasteiger partial charge on any atom is 0.0930 e. The summed E-state index contributed by atoms with van der Waals surface area (Å²) in [5.41, 5.74) is 0.467. The molecule has 2 saturated carbocycles. The molecule has 1 heterocycles. The van der Waals surface area contributed by atoms with Gasteiger partial charge >= 0.3 is 0 Å². The fourth-order valence-corrected chi connectivity index (χ4v) is 4.98. The summed E-state index contributed by atoms with van der Waals surface area (Å²) in [6, 6.07) is 0. The summed E-state index contributed by atoms with van der Waals surface area (Å²) >= 11 is 1.82. The normalized spacial score (nSPS) is 33.1. The molecular formula is C15H24N2OS. The van der Waals surface area contributed by atoms with Crippen molar-refractivity contribution in [1.29, 1.82) is 0 Å². The van der Waals surface area contributed by atoms with Gasteiger partial charge in [0.15, 0.2) is 0 Å². The van der Waals surface area contributed by atoms with Crippen LogP contribution in [0.3, 0.4) is 0 Å². The fourth-order valence-electron chi connectivity index (χ4n) is 4.21. The molecular weight excluding hydrogens is 256 g/mol. The number of hydrogen-bond donors (Lipinski definition) is 1. The molecule has 0 saturated heterocycles. The van der Waals surface area contributed by atoms with E-state index in [-0.39, 0.29) is 0 Å². The number of hydrogen-bond acceptors (Lipinski definition) is 4. The van der Waals surface area contributed by atoms with E-state index in [1.165, 1.54) is 37.1 Å². The molecule has 4 heteroatoms. The highest BCUT2D eigenvalue weighted by molar-refractivity contribution is 7.09. The minimum Gasteiger partial charge on any atom is -0.383 e. The zero-order valence-electron chi connectivity index (χ0n) is 11.7. The minimum absolute atomic E-state index is 0.467. The smallest absolute Gasteiger partial charge is 0.0930 e. The Kier molecular flexibility index (Phi) is 4.20. The van der Waals surface area contributed by atoms with E-state index < -0.39 is 0 Å². The molecule has 2 fully saturated rings. The Labute approximate surface area is 119 Å². The first-order chi connectivity index (χ1) is 9.32. The van der Waals surface area contributed by atoms with Crippen LogP contribution in [0.15, 0.2) is 11.6 Å². The zero-order chi connectivity index (χ0) is 13.1. The van der Waals surface area contributed by atoms with Crippen LogP contribution in [0.1, 0.15) is 30.7 Å². The highest BCUT2D eigenvalue weighted by Crippen LogP contribution is 2.57.